The van der Waals surface area contributed by atoms with Crippen molar-refractivity contribution in [1.29, 1.82) is 0 Å². The van der Waals surface area contributed by atoms with Gasteiger partial charge in [0, 0.05) is 10.6 Å². The predicted molar refractivity (Wildman–Crippen MR) is 102 cm³/mol. The molecule has 2 amide bonds. The van der Waals surface area contributed by atoms with E-state index in [-0.39, 0.29) is 23.6 Å². The molecule has 0 bridgehead atoms. The van der Waals surface area contributed by atoms with Gasteiger partial charge in [-0.1, -0.05) is 35.9 Å². The highest BCUT2D eigenvalue weighted by atomic mass is 32.2. The molecule has 0 radical (unpaired) electrons. The van der Waals surface area contributed by atoms with Gasteiger partial charge in [-0.2, -0.15) is 0 Å². The van der Waals surface area contributed by atoms with Gasteiger partial charge >= 0.3 is 0 Å². The Morgan fingerprint density at radius 2 is 1.76 bits per heavy atom. The number of hydrogen-bond acceptors (Lipinski definition) is 4. The molecule has 0 spiro atoms. The Morgan fingerprint density at radius 1 is 1.04 bits per heavy atom. The zero-order valence-electron chi connectivity index (χ0n) is 14.6. The number of carbonyl (C=O) groups is 2. The summed E-state index contributed by atoms with van der Waals surface area (Å²) in [6, 6.07) is 15.6. The van der Waals surface area contributed by atoms with E-state index in [9.17, 15) is 9.59 Å². The SMILES string of the molecule is Cc1ccc(NCC(=O)NNC(=O)C(C)Sc2ccccc2)c(C)c1. The van der Waals surface area contributed by atoms with E-state index < -0.39 is 0 Å². The molecule has 1 atom stereocenters. The van der Waals surface area contributed by atoms with E-state index in [0.717, 1.165) is 16.1 Å². The number of anilines is 1. The summed E-state index contributed by atoms with van der Waals surface area (Å²) >= 11 is 1.44. The lowest BCUT2D eigenvalue weighted by Crippen LogP contribution is -2.46. The van der Waals surface area contributed by atoms with Crippen LogP contribution in [0.3, 0.4) is 0 Å². The number of amides is 2. The van der Waals surface area contributed by atoms with Crippen LogP contribution in [0, 0.1) is 13.8 Å². The molecule has 0 aliphatic rings. The van der Waals surface area contributed by atoms with Gasteiger partial charge in [-0.15, -0.1) is 11.8 Å². The number of thioether (sulfide) groups is 1. The van der Waals surface area contributed by atoms with Gasteiger partial charge in [0.15, 0.2) is 0 Å². The molecule has 5 nitrogen and oxygen atoms in total. The van der Waals surface area contributed by atoms with Gasteiger partial charge in [-0.3, -0.25) is 20.4 Å². The van der Waals surface area contributed by atoms with E-state index in [1.165, 1.54) is 17.3 Å². The maximum Gasteiger partial charge on any atom is 0.257 e. The van der Waals surface area contributed by atoms with E-state index in [1.807, 2.05) is 62.4 Å². The third-order valence-electron chi connectivity index (χ3n) is 3.57. The van der Waals surface area contributed by atoms with Gasteiger partial charge in [0.05, 0.1) is 11.8 Å². The summed E-state index contributed by atoms with van der Waals surface area (Å²) < 4.78 is 0. The number of rotatable bonds is 6. The molecule has 6 heteroatoms. The van der Waals surface area contributed by atoms with E-state index >= 15 is 0 Å². The molecule has 0 saturated carbocycles. The Morgan fingerprint density at radius 3 is 2.44 bits per heavy atom. The number of hydrazine groups is 1. The standard InChI is InChI=1S/C19H23N3O2S/c1-13-9-10-17(14(2)11-13)20-12-18(23)21-22-19(24)15(3)25-16-7-5-4-6-8-16/h4-11,15,20H,12H2,1-3H3,(H,21,23)(H,22,24). The normalized spacial score (nSPS) is 11.5. The number of benzene rings is 2. The minimum atomic E-state index is -0.310. The van der Waals surface area contributed by atoms with Gasteiger partial charge in [0.2, 0.25) is 0 Å². The van der Waals surface area contributed by atoms with Gasteiger partial charge < -0.3 is 5.32 Å². The van der Waals surface area contributed by atoms with Crippen LogP contribution in [0.25, 0.3) is 0 Å². The molecule has 0 aliphatic carbocycles. The van der Waals surface area contributed by atoms with Crippen molar-refractivity contribution in [3.05, 3.63) is 59.7 Å². The van der Waals surface area contributed by atoms with Crippen molar-refractivity contribution in [2.75, 3.05) is 11.9 Å². The van der Waals surface area contributed by atoms with Crippen LogP contribution in [0.4, 0.5) is 5.69 Å². The first-order chi connectivity index (χ1) is 12.0. The maximum atomic E-state index is 12.1. The van der Waals surface area contributed by atoms with Crippen molar-refractivity contribution >= 4 is 29.3 Å². The molecule has 2 rings (SSSR count). The zero-order valence-corrected chi connectivity index (χ0v) is 15.4. The number of carbonyl (C=O) groups excluding carboxylic acids is 2. The highest BCUT2D eigenvalue weighted by molar-refractivity contribution is 8.00. The van der Waals surface area contributed by atoms with Crippen LogP contribution >= 0.6 is 11.8 Å². The van der Waals surface area contributed by atoms with Crippen molar-refractivity contribution in [3.8, 4) is 0 Å². The van der Waals surface area contributed by atoms with E-state index in [2.05, 4.69) is 16.2 Å². The first-order valence-corrected chi connectivity index (χ1v) is 8.95. The van der Waals surface area contributed by atoms with Crippen LogP contribution in [0.5, 0.6) is 0 Å². The Bertz CT molecular complexity index is 735. The predicted octanol–water partition coefficient (Wildman–Crippen LogP) is 3.04. The van der Waals surface area contributed by atoms with Crippen LogP contribution < -0.4 is 16.2 Å². The topological polar surface area (TPSA) is 70.2 Å². The lowest BCUT2D eigenvalue weighted by molar-refractivity contribution is -0.127. The molecular weight excluding hydrogens is 334 g/mol. The second-order valence-corrected chi connectivity index (χ2v) is 7.20. The first-order valence-electron chi connectivity index (χ1n) is 8.07. The molecule has 2 aromatic rings. The van der Waals surface area contributed by atoms with E-state index in [4.69, 9.17) is 0 Å². The van der Waals surface area contributed by atoms with Crippen molar-refractivity contribution in [3.63, 3.8) is 0 Å². The van der Waals surface area contributed by atoms with Crippen LogP contribution in [0.15, 0.2) is 53.4 Å². The smallest absolute Gasteiger partial charge is 0.257 e. The summed E-state index contributed by atoms with van der Waals surface area (Å²) in [6.07, 6.45) is 0. The monoisotopic (exact) mass is 357 g/mol. The molecule has 0 saturated heterocycles. The van der Waals surface area contributed by atoms with Crippen molar-refractivity contribution in [1.82, 2.24) is 10.9 Å². The summed E-state index contributed by atoms with van der Waals surface area (Å²) in [5.74, 6) is -0.543. The molecule has 0 fully saturated rings. The van der Waals surface area contributed by atoms with Gasteiger partial charge in [0.25, 0.3) is 11.8 Å². The number of hydrogen-bond donors (Lipinski definition) is 3. The number of nitrogens with one attached hydrogen (secondary N) is 3. The molecule has 0 aliphatic heterocycles. The van der Waals surface area contributed by atoms with Crippen LogP contribution in [0.1, 0.15) is 18.1 Å². The van der Waals surface area contributed by atoms with Crippen LogP contribution in [-0.2, 0) is 9.59 Å². The fraction of sp³-hybridized carbons (Fsp3) is 0.263. The lowest BCUT2D eigenvalue weighted by atomic mass is 10.1. The Balaban J connectivity index is 1.74. The molecule has 1 unspecified atom stereocenters. The highest BCUT2D eigenvalue weighted by Crippen LogP contribution is 2.22. The summed E-state index contributed by atoms with van der Waals surface area (Å²) in [5, 5.41) is 2.75. The molecular formula is C19H23N3O2S. The summed E-state index contributed by atoms with van der Waals surface area (Å²) in [5.41, 5.74) is 8.05. The fourth-order valence-corrected chi connectivity index (χ4v) is 3.11. The largest absolute Gasteiger partial charge is 0.376 e. The Hall–Kier alpha value is -2.47. The Labute approximate surface area is 152 Å². The average molecular weight is 357 g/mol. The van der Waals surface area contributed by atoms with E-state index in [1.54, 1.807) is 6.92 Å². The first kappa shape index (κ1) is 18.9. The molecule has 25 heavy (non-hydrogen) atoms. The van der Waals surface area contributed by atoms with E-state index in [0.29, 0.717) is 0 Å². The van der Waals surface area contributed by atoms with Crippen molar-refractivity contribution < 1.29 is 9.59 Å². The summed E-state index contributed by atoms with van der Waals surface area (Å²) in [4.78, 5) is 24.9. The summed E-state index contributed by atoms with van der Waals surface area (Å²) in [7, 11) is 0. The van der Waals surface area contributed by atoms with Crippen LogP contribution in [0.2, 0.25) is 0 Å². The Kier molecular flexibility index (Phi) is 6.89. The molecule has 3 N–H and O–H groups in total. The zero-order chi connectivity index (χ0) is 18.2. The quantitative estimate of drug-likeness (QED) is 0.549. The van der Waals surface area contributed by atoms with Gasteiger partial charge in [-0.05, 0) is 44.5 Å². The maximum absolute atomic E-state index is 12.1. The molecule has 0 aromatic heterocycles. The lowest BCUT2D eigenvalue weighted by Gasteiger charge is -2.14. The van der Waals surface area contributed by atoms with Crippen LogP contribution in [-0.4, -0.2) is 23.6 Å². The summed E-state index contributed by atoms with van der Waals surface area (Å²) in [6.45, 7) is 5.89. The fourth-order valence-electron chi connectivity index (χ4n) is 2.22. The minimum Gasteiger partial charge on any atom is -0.376 e. The third kappa shape index (κ3) is 6.15. The van der Waals surface area contributed by atoms with Crippen molar-refractivity contribution in [2.45, 2.75) is 30.9 Å². The van der Waals surface area contributed by atoms with Crippen molar-refractivity contribution in [2.24, 2.45) is 0 Å². The third-order valence-corrected chi connectivity index (χ3v) is 4.68. The second kappa shape index (κ2) is 9.13. The average Bonchev–Trinajstić information content (AvgIpc) is 2.59. The highest BCUT2D eigenvalue weighted by Gasteiger charge is 2.14. The van der Waals surface area contributed by atoms with Gasteiger partial charge in [-0.25, -0.2) is 0 Å². The minimum absolute atomic E-state index is 0.0877. The second-order valence-electron chi connectivity index (χ2n) is 5.78. The molecule has 2 aromatic carbocycles. The molecule has 132 valence electrons. The van der Waals surface area contributed by atoms with Gasteiger partial charge in [0.1, 0.15) is 0 Å². The molecule has 0 heterocycles. The number of aryl methyl sites for hydroxylation is 2.